The van der Waals surface area contributed by atoms with Crippen LogP contribution in [0.5, 0.6) is 5.75 Å². The van der Waals surface area contributed by atoms with E-state index in [9.17, 15) is 9.59 Å². The van der Waals surface area contributed by atoms with Gasteiger partial charge in [0.05, 0.1) is 17.9 Å². The molecule has 25 heavy (non-hydrogen) atoms. The van der Waals surface area contributed by atoms with Gasteiger partial charge in [-0.2, -0.15) is 5.10 Å². The number of carbonyl (C=O) groups excluding carboxylic acids is 2. The molecular weight excluding hydrogens is 320 g/mol. The number of hydrogen-bond donors (Lipinski definition) is 3. The Kier molecular flexibility index (Phi) is 4.13. The first-order valence-electron chi connectivity index (χ1n) is 8.63. The first-order valence-corrected chi connectivity index (χ1v) is 8.63. The average Bonchev–Trinajstić information content (AvgIpc) is 3.35. The molecule has 7 nitrogen and oxygen atoms in total. The van der Waals surface area contributed by atoms with Gasteiger partial charge in [0.1, 0.15) is 5.75 Å². The smallest absolute Gasteiger partial charge is 0.274 e. The maximum absolute atomic E-state index is 12.6. The van der Waals surface area contributed by atoms with E-state index >= 15 is 0 Å². The zero-order valence-electron chi connectivity index (χ0n) is 13.8. The standard InChI is InChI=1S/C18H20N4O3/c23-17(13-7-3-4-11-8-9-25-16(11)13)21-14-10-19-22-15(14)18(24)20-12-5-1-2-6-12/h3-4,7,10,12H,1-2,5-6,8-9H2,(H,19,22)(H,20,24)(H,21,23). The van der Waals surface area contributed by atoms with Crippen LogP contribution in [-0.4, -0.2) is 34.7 Å². The SMILES string of the molecule is O=C(Nc1c[nH]nc1C(=O)NC1CCCC1)c1cccc2c1OCC2. The molecule has 7 heteroatoms. The van der Waals surface area contributed by atoms with Gasteiger partial charge in [0.15, 0.2) is 5.69 Å². The third-order valence-electron chi connectivity index (χ3n) is 4.75. The maximum atomic E-state index is 12.6. The second-order valence-electron chi connectivity index (χ2n) is 6.45. The van der Waals surface area contributed by atoms with Crippen LogP contribution in [0.4, 0.5) is 5.69 Å². The van der Waals surface area contributed by atoms with E-state index in [0.717, 1.165) is 37.7 Å². The van der Waals surface area contributed by atoms with Crippen molar-refractivity contribution in [2.75, 3.05) is 11.9 Å². The highest BCUT2D eigenvalue weighted by atomic mass is 16.5. The van der Waals surface area contributed by atoms with Crippen LogP contribution < -0.4 is 15.4 Å². The Labute approximate surface area is 145 Å². The van der Waals surface area contributed by atoms with Gasteiger partial charge in [0, 0.05) is 18.7 Å². The number of carbonyl (C=O) groups is 2. The van der Waals surface area contributed by atoms with Crippen molar-refractivity contribution >= 4 is 17.5 Å². The fraction of sp³-hybridized carbons (Fsp3) is 0.389. The third-order valence-corrected chi connectivity index (χ3v) is 4.75. The summed E-state index contributed by atoms with van der Waals surface area (Å²) in [4.78, 5) is 25.0. The lowest BCUT2D eigenvalue weighted by Crippen LogP contribution is -2.33. The van der Waals surface area contributed by atoms with Crippen LogP contribution in [-0.2, 0) is 6.42 Å². The summed E-state index contributed by atoms with van der Waals surface area (Å²) in [6.07, 6.45) is 6.57. The molecule has 0 saturated heterocycles. The summed E-state index contributed by atoms with van der Waals surface area (Å²) in [6.45, 7) is 0.584. The first-order chi connectivity index (χ1) is 12.2. The summed E-state index contributed by atoms with van der Waals surface area (Å²) in [5, 5.41) is 12.4. The molecule has 2 heterocycles. The number of nitrogens with one attached hydrogen (secondary N) is 3. The summed E-state index contributed by atoms with van der Waals surface area (Å²) in [5.74, 6) is 0.0495. The monoisotopic (exact) mass is 340 g/mol. The zero-order valence-corrected chi connectivity index (χ0v) is 13.8. The summed E-state index contributed by atoms with van der Waals surface area (Å²) in [7, 11) is 0. The Morgan fingerprint density at radius 3 is 2.88 bits per heavy atom. The molecule has 1 aliphatic heterocycles. The molecule has 1 aliphatic carbocycles. The number of anilines is 1. The molecule has 1 aromatic carbocycles. The Balaban J connectivity index is 1.50. The zero-order chi connectivity index (χ0) is 17.2. The van der Waals surface area contributed by atoms with Crippen LogP contribution in [0, 0.1) is 0 Å². The van der Waals surface area contributed by atoms with E-state index in [1.54, 1.807) is 6.07 Å². The van der Waals surface area contributed by atoms with E-state index in [-0.39, 0.29) is 23.6 Å². The van der Waals surface area contributed by atoms with E-state index in [1.165, 1.54) is 6.20 Å². The van der Waals surface area contributed by atoms with E-state index in [0.29, 0.717) is 23.6 Å². The Hall–Kier alpha value is -2.83. The fourth-order valence-electron chi connectivity index (χ4n) is 3.47. The summed E-state index contributed by atoms with van der Waals surface area (Å²) >= 11 is 0. The van der Waals surface area contributed by atoms with Crippen molar-refractivity contribution in [1.29, 1.82) is 0 Å². The highest BCUT2D eigenvalue weighted by Crippen LogP contribution is 2.30. The molecule has 0 radical (unpaired) electrons. The average molecular weight is 340 g/mol. The lowest BCUT2D eigenvalue weighted by Gasteiger charge is -2.12. The van der Waals surface area contributed by atoms with Crippen molar-refractivity contribution in [3.8, 4) is 5.75 Å². The van der Waals surface area contributed by atoms with Crippen molar-refractivity contribution in [3.63, 3.8) is 0 Å². The quantitative estimate of drug-likeness (QED) is 0.795. The molecule has 3 N–H and O–H groups in total. The minimum absolute atomic E-state index is 0.193. The molecule has 2 amide bonds. The lowest BCUT2D eigenvalue weighted by molar-refractivity contribution is 0.0933. The molecule has 1 saturated carbocycles. The van der Waals surface area contributed by atoms with Gasteiger partial charge in [-0.1, -0.05) is 25.0 Å². The molecule has 0 spiro atoms. The van der Waals surface area contributed by atoms with Gasteiger partial charge in [-0.3, -0.25) is 14.7 Å². The topological polar surface area (TPSA) is 96.1 Å². The number of H-pyrrole nitrogens is 1. The van der Waals surface area contributed by atoms with Crippen molar-refractivity contribution < 1.29 is 14.3 Å². The number of para-hydroxylation sites is 1. The summed E-state index contributed by atoms with van der Waals surface area (Å²) in [5.41, 5.74) is 2.07. The maximum Gasteiger partial charge on any atom is 0.274 e. The van der Waals surface area contributed by atoms with Gasteiger partial charge in [-0.15, -0.1) is 0 Å². The van der Waals surface area contributed by atoms with Crippen LogP contribution in [0.15, 0.2) is 24.4 Å². The highest BCUT2D eigenvalue weighted by molar-refractivity contribution is 6.09. The summed E-state index contributed by atoms with van der Waals surface area (Å²) in [6, 6.07) is 5.71. The predicted octanol–water partition coefficient (Wildman–Crippen LogP) is 2.27. The van der Waals surface area contributed by atoms with Gasteiger partial charge in [0.2, 0.25) is 0 Å². The normalized spacial score (nSPS) is 16.3. The molecule has 0 bridgehead atoms. The molecule has 0 atom stereocenters. The van der Waals surface area contributed by atoms with E-state index in [1.807, 2.05) is 12.1 Å². The van der Waals surface area contributed by atoms with Crippen LogP contribution in [0.3, 0.4) is 0 Å². The highest BCUT2D eigenvalue weighted by Gasteiger charge is 2.24. The molecule has 2 aromatic rings. The van der Waals surface area contributed by atoms with Gasteiger partial charge in [0.25, 0.3) is 11.8 Å². The predicted molar refractivity (Wildman–Crippen MR) is 91.9 cm³/mol. The van der Waals surface area contributed by atoms with Gasteiger partial charge >= 0.3 is 0 Å². The largest absolute Gasteiger partial charge is 0.492 e. The van der Waals surface area contributed by atoms with Gasteiger partial charge in [-0.25, -0.2) is 0 Å². The molecule has 130 valence electrons. The number of hydrogen-bond acceptors (Lipinski definition) is 4. The summed E-state index contributed by atoms with van der Waals surface area (Å²) < 4.78 is 5.57. The van der Waals surface area contributed by atoms with Crippen LogP contribution >= 0.6 is 0 Å². The van der Waals surface area contributed by atoms with Crippen LogP contribution in [0.25, 0.3) is 0 Å². The van der Waals surface area contributed by atoms with Crippen molar-refractivity contribution in [3.05, 3.63) is 41.2 Å². The number of aromatic nitrogens is 2. The molecule has 2 aliphatic rings. The fourth-order valence-corrected chi connectivity index (χ4v) is 3.47. The van der Waals surface area contributed by atoms with Crippen LogP contribution in [0.2, 0.25) is 0 Å². The van der Waals surface area contributed by atoms with Crippen molar-refractivity contribution in [2.45, 2.75) is 38.1 Å². The molecule has 1 fully saturated rings. The molecular formula is C18H20N4O3. The molecule has 0 unspecified atom stereocenters. The van der Waals surface area contributed by atoms with E-state index in [4.69, 9.17) is 4.74 Å². The number of rotatable bonds is 4. The van der Waals surface area contributed by atoms with E-state index in [2.05, 4.69) is 20.8 Å². The second-order valence-corrected chi connectivity index (χ2v) is 6.45. The molecule has 4 rings (SSSR count). The number of amides is 2. The number of fused-ring (bicyclic) bond motifs is 1. The lowest BCUT2D eigenvalue weighted by atomic mass is 10.1. The van der Waals surface area contributed by atoms with Crippen molar-refractivity contribution in [2.24, 2.45) is 0 Å². The van der Waals surface area contributed by atoms with Crippen LogP contribution in [0.1, 0.15) is 52.1 Å². The second kappa shape index (κ2) is 6.58. The number of aromatic amines is 1. The molecule has 1 aromatic heterocycles. The number of nitrogens with zero attached hydrogens (tertiary/aromatic N) is 1. The number of benzene rings is 1. The third kappa shape index (κ3) is 3.09. The Morgan fingerprint density at radius 2 is 2.04 bits per heavy atom. The van der Waals surface area contributed by atoms with E-state index < -0.39 is 0 Å². The van der Waals surface area contributed by atoms with Gasteiger partial charge in [-0.05, 0) is 24.5 Å². The van der Waals surface area contributed by atoms with Crippen molar-refractivity contribution in [1.82, 2.24) is 15.5 Å². The van der Waals surface area contributed by atoms with Gasteiger partial charge < -0.3 is 15.4 Å². The Morgan fingerprint density at radius 1 is 1.20 bits per heavy atom. The number of ether oxygens (including phenoxy) is 1. The first kappa shape index (κ1) is 15.7. The minimum atomic E-state index is -0.310. The Bertz CT molecular complexity index is 808. The minimum Gasteiger partial charge on any atom is -0.492 e.